The third kappa shape index (κ3) is 4.55. The van der Waals surface area contributed by atoms with Crippen LogP contribution in [0.25, 0.3) is 0 Å². The number of rotatable bonds is 6. The quantitative estimate of drug-likeness (QED) is 0.789. The molecule has 0 aliphatic carbocycles. The molecule has 1 aliphatic rings. The highest BCUT2D eigenvalue weighted by Crippen LogP contribution is 2.24. The minimum absolute atomic E-state index is 0.133. The van der Waals surface area contributed by atoms with Gasteiger partial charge in [-0.25, -0.2) is 8.42 Å². The van der Waals surface area contributed by atoms with Gasteiger partial charge >= 0.3 is 5.97 Å². The predicted molar refractivity (Wildman–Crippen MR) is 90.2 cm³/mol. The molecule has 1 aromatic rings. The number of hydrogen-bond acceptors (Lipinski definition) is 5. The summed E-state index contributed by atoms with van der Waals surface area (Å²) >= 11 is 0. The van der Waals surface area contributed by atoms with Gasteiger partial charge in [-0.2, -0.15) is 4.31 Å². The Balaban J connectivity index is 1.95. The van der Waals surface area contributed by atoms with Crippen LogP contribution in [0.2, 0.25) is 0 Å². The summed E-state index contributed by atoms with van der Waals surface area (Å²) in [5.41, 5.74) is 0. The number of amides is 1. The maximum absolute atomic E-state index is 12.5. The first-order valence-electron chi connectivity index (χ1n) is 8.11. The number of nitrogens with zero attached hydrogens (tertiary/aromatic N) is 3. The molecular formula is C16H23N3O5S. The van der Waals surface area contributed by atoms with Gasteiger partial charge in [-0.15, -0.1) is 0 Å². The van der Waals surface area contributed by atoms with Crippen molar-refractivity contribution in [3.05, 3.63) is 24.5 Å². The van der Waals surface area contributed by atoms with Gasteiger partial charge in [-0.3, -0.25) is 14.6 Å². The number of carboxylic acids is 1. The molecule has 1 N–H and O–H groups in total. The maximum Gasteiger partial charge on any atom is 0.308 e. The average Bonchev–Trinajstić information content (AvgIpc) is 2.61. The fourth-order valence-corrected chi connectivity index (χ4v) is 4.32. The van der Waals surface area contributed by atoms with Crippen molar-refractivity contribution in [2.75, 3.05) is 26.7 Å². The molecule has 1 aromatic heterocycles. The lowest BCUT2D eigenvalue weighted by Crippen LogP contribution is -2.44. The van der Waals surface area contributed by atoms with Crippen molar-refractivity contribution >= 4 is 21.9 Å². The fourth-order valence-electron chi connectivity index (χ4n) is 2.88. The number of carboxylic acid groups (broad SMARTS) is 1. The Bertz CT molecular complexity index is 715. The Morgan fingerprint density at radius 2 is 2.04 bits per heavy atom. The summed E-state index contributed by atoms with van der Waals surface area (Å²) in [5.74, 6) is -2.00. The second-order valence-corrected chi connectivity index (χ2v) is 8.26. The summed E-state index contributed by atoms with van der Waals surface area (Å²) in [4.78, 5) is 28.8. The SMILES string of the molecule is CC(CN(C)C(=O)C1CCN(S(=O)(=O)c2cccnc2)CC1)C(=O)O. The van der Waals surface area contributed by atoms with E-state index in [0.29, 0.717) is 12.8 Å². The van der Waals surface area contributed by atoms with Crippen molar-refractivity contribution in [3.8, 4) is 0 Å². The summed E-state index contributed by atoms with van der Waals surface area (Å²) in [6.45, 7) is 2.21. The van der Waals surface area contributed by atoms with Crippen LogP contribution < -0.4 is 0 Å². The van der Waals surface area contributed by atoms with Gasteiger partial charge in [-0.1, -0.05) is 6.92 Å². The Labute approximate surface area is 147 Å². The average molecular weight is 369 g/mol. The van der Waals surface area contributed by atoms with Gasteiger partial charge in [0, 0.05) is 45.0 Å². The third-order valence-corrected chi connectivity index (χ3v) is 6.30. The second kappa shape index (κ2) is 7.92. The first kappa shape index (κ1) is 19.3. The van der Waals surface area contributed by atoms with Crippen molar-refractivity contribution < 1.29 is 23.1 Å². The fraction of sp³-hybridized carbons (Fsp3) is 0.562. The lowest BCUT2D eigenvalue weighted by atomic mass is 9.96. The van der Waals surface area contributed by atoms with Crippen molar-refractivity contribution in [3.63, 3.8) is 0 Å². The standard InChI is InChI=1S/C16H23N3O5S/c1-12(16(21)22)11-18(2)15(20)13-5-8-19(9-6-13)25(23,24)14-4-3-7-17-10-14/h3-4,7,10,12-13H,5-6,8-9,11H2,1-2H3,(H,21,22). The van der Waals surface area contributed by atoms with Crippen molar-refractivity contribution in [1.82, 2.24) is 14.2 Å². The van der Waals surface area contributed by atoms with Crippen LogP contribution in [0.1, 0.15) is 19.8 Å². The molecule has 2 heterocycles. The van der Waals surface area contributed by atoms with E-state index in [2.05, 4.69) is 4.98 Å². The number of aromatic nitrogens is 1. The Morgan fingerprint density at radius 3 is 2.56 bits per heavy atom. The van der Waals surface area contributed by atoms with E-state index in [4.69, 9.17) is 5.11 Å². The zero-order valence-electron chi connectivity index (χ0n) is 14.3. The van der Waals surface area contributed by atoms with E-state index in [0.717, 1.165) is 0 Å². The van der Waals surface area contributed by atoms with Crippen LogP contribution in [-0.2, 0) is 19.6 Å². The van der Waals surface area contributed by atoms with Crippen LogP contribution in [0.4, 0.5) is 0 Å². The summed E-state index contributed by atoms with van der Waals surface area (Å²) in [7, 11) is -2.01. The number of carbonyl (C=O) groups excluding carboxylic acids is 1. The number of pyridine rings is 1. The Hall–Kier alpha value is -2.00. The molecule has 25 heavy (non-hydrogen) atoms. The van der Waals surface area contributed by atoms with E-state index in [1.54, 1.807) is 20.0 Å². The molecule has 1 fully saturated rings. The largest absolute Gasteiger partial charge is 0.481 e. The molecule has 0 saturated carbocycles. The molecule has 2 rings (SSSR count). The molecule has 9 heteroatoms. The van der Waals surface area contributed by atoms with Crippen LogP contribution in [0.3, 0.4) is 0 Å². The Kier molecular flexibility index (Phi) is 6.12. The first-order valence-corrected chi connectivity index (χ1v) is 9.55. The van der Waals surface area contributed by atoms with Gasteiger partial charge in [0.2, 0.25) is 15.9 Å². The van der Waals surface area contributed by atoms with Crippen LogP contribution in [0.15, 0.2) is 29.4 Å². The molecule has 1 unspecified atom stereocenters. The van der Waals surface area contributed by atoms with Gasteiger partial charge in [-0.05, 0) is 25.0 Å². The summed E-state index contributed by atoms with van der Waals surface area (Å²) in [5, 5.41) is 8.94. The van der Waals surface area contributed by atoms with E-state index in [-0.39, 0.29) is 36.4 Å². The van der Waals surface area contributed by atoms with Crippen molar-refractivity contribution in [1.29, 1.82) is 0 Å². The maximum atomic E-state index is 12.5. The molecule has 1 atom stereocenters. The number of piperidine rings is 1. The van der Waals surface area contributed by atoms with Crippen molar-refractivity contribution in [2.45, 2.75) is 24.7 Å². The second-order valence-electron chi connectivity index (χ2n) is 6.33. The highest BCUT2D eigenvalue weighted by molar-refractivity contribution is 7.89. The molecule has 0 radical (unpaired) electrons. The molecule has 8 nitrogen and oxygen atoms in total. The molecular weight excluding hydrogens is 346 g/mol. The number of carbonyl (C=O) groups is 2. The molecule has 1 aliphatic heterocycles. The van der Waals surface area contributed by atoms with E-state index >= 15 is 0 Å². The summed E-state index contributed by atoms with van der Waals surface area (Å²) < 4.78 is 26.5. The molecule has 1 amide bonds. The molecule has 1 saturated heterocycles. The highest BCUT2D eigenvalue weighted by atomic mass is 32.2. The van der Waals surface area contributed by atoms with Crippen LogP contribution in [0, 0.1) is 11.8 Å². The van der Waals surface area contributed by atoms with Crippen LogP contribution >= 0.6 is 0 Å². The van der Waals surface area contributed by atoms with Gasteiger partial charge < -0.3 is 10.0 Å². The molecule has 138 valence electrons. The molecule has 0 spiro atoms. The van der Waals surface area contributed by atoms with E-state index in [1.807, 2.05) is 0 Å². The van der Waals surface area contributed by atoms with Crippen LogP contribution in [0.5, 0.6) is 0 Å². The number of sulfonamides is 1. The van der Waals surface area contributed by atoms with Gasteiger partial charge in [0.15, 0.2) is 0 Å². The topological polar surface area (TPSA) is 108 Å². The first-order chi connectivity index (χ1) is 11.7. The van der Waals surface area contributed by atoms with Gasteiger partial charge in [0.25, 0.3) is 0 Å². The molecule has 0 aromatic carbocycles. The predicted octanol–water partition coefficient (Wildman–Crippen LogP) is 0.661. The number of hydrogen-bond donors (Lipinski definition) is 1. The van der Waals surface area contributed by atoms with Crippen LogP contribution in [-0.4, -0.2) is 66.3 Å². The van der Waals surface area contributed by atoms with Crippen molar-refractivity contribution in [2.24, 2.45) is 11.8 Å². The summed E-state index contributed by atoms with van der Waals surface area (Å²) in [6.07, 6.45) is 3.67. The van der Waals surface area contributed by atoms with E-state index in [9.17, 15) is 18.0 Å². The zero-order valence-corrected chi connectivity index (χ0v) is 15.1. The minimum atomic E-state index is -3.59. The van der Waals surface area contributed by atoms with Gasteiger partial charge in [0.1, 0.15) is 4.90 Å². The molecule has 0 bridgehead atoms. The minimum Gasteiger partial charge on any atom is -0.481 e. The normalized spacial score (nSPS) is 17.8. The lowest BCUT2D eigenvalue weighted by Gasteiger charge is -2.32. The summed E-state index contributed by atoms with van der Waals surface area (Å²) in [6, 6.07) is 3.07. The monoisotopic (exact) mass is 369 g/mol. The highest BCUT2D eigenvalue weighted by Gasteiger charge is 2.33. The number of aliphatic carboxylic acids is 1. The zero-order chi connectivity index (χ0) is 18.6. The lowest BCUT2D eigenvalue weighted by molar-refractivity contribution is -0.143. The Morgan fingerprint density at radius 1 is 1.40 bits per heavy atom. The third-order valence-electron chi connectivity index (χ3n) is 4.42. The smallest absolute Gasteiger partial charge is 0.308 e. The van der Waals surface area contributed by atoms with E-state index in [1.165, 1.54) is 27.7 Å². The van der Waals surface area contributed by atoms with Gasteiger partial charge in [0.05, 0.1) is 5.92 Å². The van der Waals surface area contributed by atoms with E-state index < -0.39 is 21.9 Å².